The molecule has 0 unspecified atom stereocenters. The van der Waals surface area contributed by atoms with Crippen LogP contribution in [0.2, 0.25) is 0 Å². The van der Waals surface area contributed by atoms with Gasteiger partial charge in [-0.05, 0) is 35.4 Å². The summed E-state index contributed by atoms with van der Waals surface area (Å²) < 4.78 is 36.0. The Balaban J connectivity index is 1.56. The lowest BCUT2D eigenvalue weighted by Crippen LogP contribution is -2.34. The molecule has 0 atom stereocenters. The monoisotopic (exact) mass is 391 g/mol. The predicted octanol–water partition coefficient (Wildman–Crippen LogP) is 1.28. The van der Waals surface area contributed by atoms with Crippen molar-refractivity contribution in [3.8, 4) is 11.5 Å². The average Bonchev–Trinajstić information content (AvgIpc) is 3.11. The van der Waals surface area contributed by atoms with Crippen LogP contribution in [0.25, 0.3) is 0 Å². The zero-order valence-electron chi connectivity index (χ0n) is 14.9. The molecule has 1 aliphatic rings. The minimum atomic E-state index is -3.47. The molecule has 0 fully saturated rings. The molecule has 27 heavy (non-hydrogen) atoms. The van der Waals surface area contributed by atoms with E-state index < -0.39 is 10.0 Å². The molecule has 0 saturated carbocycles. The summed E-state index contributed by atoms with van der Waals surface area (Å²) in [4.78, 5) is 16.0. The zero-order valence-corrected chi connectivity index (χ0v) is 15.7. The highest BCUT2D eigenvalue weighted by Gasteiger charge is 2.20. The molecule has 2 heterocycles. The number of hydrogen-bond donors (Lipinski definition) is 1. The molecule has 1 aliphatic heterocycles. The third-order valence-electron chi connectivity index (χ3n) is 4.09. The van der Waals surface area contributed by atoms with E-state index in [9.17, 15) is 13.2 Å². The number of carbonyl (C=O) groups is 1. The molecule has 0 radical (unpaired) electrons. The van der Waals surface area contributed by atoms with Crippen molar-refractivity contribution in [2.24, 2.45) is 0 Å². The lowest BCUT2D eigenvalue weighted by molar-refractivity contribution is -0.121. The van der Waals surface area contributed by atoms with Gasteiger partial charge in [0.15, 0.2) is 11.5 Å². The van der Waals surface area contributed by atoms with Crippen LogP contribution in [0.1, 0.15) is 17.5 Å². The molecule has 1 aromatic carbocycles. The minimum Gasteiger partial charge on any atom is -0.454 e. The lowest BCUT2D eigenvalue weighted by Gasteiger charge is -2.20. The fourth-order valence-corrected chi connectivity index (χ4v) is 3.43. The van der Waals surface area contributed by atoms with E-state index in [1.165, 1.54) is 4.31 Å². The average molecular weight is 391 g/mol. The Hall–Kier alpha value is -2.65. The standard InChI is InChI=1S/C18H21N3O5S/c1-27(23,24)21(12-15-2-3-16-17(10-15)26-13-25-16)9-6-18(22)20-11-14-4-7-19-8-5-14/h2-5,7-8,10H,6,9,11-13H2,1H3,(H,20,22). The highest BCUT2D eigenvalue weighted by atomic mass is 32.2. The summed E-state index contributed by atoms with van der Waals surface area (Å²) in [5, 5.41) is 2.78. The van der Waals surface area contributed by atoms with Crippen molar-refractivity contribution in [2.45, 2.75) is 19.5 Å². The molecule has 2 aromatic rings. The number of amides is 1. The van der Waals surface area contributed by atoms with Gasteiger partial charge < -0.3 is 14.8 Å². The summed E-state index contributed by atoms with van der Waals surface area (Å²) >= 11 is 0. The van der Waals surface area contributed by atoms with Crippen molar-refractivity contribution in [1.29, 1.82) is 0 Å². The van der Waals surface area contributed by atoms with Gasteiger partial charge in [0.05, 0.1) is 6.26 Å². The van der Waals surface area contributed by atoms with E-state index in [2.05, 4.69) is 10.3 Å². The van der Waals surface area contributed by atoms with Crippen LogP contribution in [0.4, 0.5) is 0 Å². The maximum atomic E-state index is 12.1. The van der Waals surface area contributed by atoms with E-state index in [-0.39, 0.29) is 32.2 Å². The number of carbonyl (C=O) groups excluding carboxylic acids is 1. The Kier molecular flexibility index (Phi) is 5.92. The van der Waals surface area contributed by atoms with E-state index in [1.54, 1.807) is 30.6 Å². The van der Waals surface area contributed by atoms with Crippen LogP contribution < -0.4 is 14.8 Å². The Labute approximate surface area is 158 Å². The first-order valence-corrected chi connectivity index (χ1v) is 10.3. The van der Waals surface area contributed by atoms with Gasteiger partial charge in [0.1, 0.15) is 0 Å². The topological polar surface area (TPSA) is 97.8 Å². The molecule has 8 nitrogen and oxygen atoms in total. The summed E-state index contributed by atoms with van der Waals surface area (Å²) in [6.45, 7) is 0.789. The lowest BCUT2D eigenvalue weighted by atomic mass is 10.2. The fraction of sp³-hybridized carbons (Fsp3) is 0.333. The van der Waals surface area contributed by atoms with Crippen molar-refractivity contribution in [2.75, 3.05) is 19.6 Å². The number of ether oxygens (including phenoxy) is 2. The fourth-order valence-electron chi connectivity index (χ4n) is 2.62. The van der Waals surface area contributed by atoms with Gasteiger partial charge in [-0.2, -0.15) is 4.31 Å². The van der Waals surface area contributed by atoms with Crippen LogP contribution in [0.5, 0.6) is 11.5 Å². The number of nitrogens with zero attached hydrogens (tertiary/aromatic N) is 2. The molecule has 9 heteroatoms. The number of rotatable bonds is 8. The number of benzene rings is 1. The van der Waals surface area contributed by atoms with Crippen molar-refractivity contribution >= 4 is 15.9 Å². The van der Waals surface area contributed by atoms with E-state index in [0.29, 0.717) is 18.0 Å². The molecule has 1 amide bonds. The van der Waals surface area contributed by atoms with Crippen LogP contribution in [0.3, 0.4) is 0 Å². The highest BCUT2D eigenvalue weighted by Crippen LogP contribution is 2.32. The normalized spacial score (nSPS) is 13.0. The third kappa shape index (κ3) is 5.41. The van der Waals surface area contributed by atoms with Gasteiger partial charge in [-0.3, -0.25) is 9.78 Å². The van der Waals surface area contributed by atoms with E-state index in [4.69, 9.17) is 9.47 Å². The smallest absolute Gasteiger partial charge is 0.231 e. The third-order valence-corrected chi connectivity index (χ3v) is 5.34. The summed E-state index contributed by atoms with van der Waals surface area (Å²) in [5.41, 5.74) is 1.69. The molecular weight excluding hydrogens is 370 g/mol. The Morgan fingerprint density at radius 2 is 1.89 bits per heavy atom. The Morgan fingerprint density at radius 1 is 1.15 bits per heavy atom. The van der Waals surface area contributed by atoms with Crippen molar-refractivity contribution in [3.63, 3.8) is 0 Å². The Bertz CT molecular complexity index is 902. The molecule has 0 spiro atoms. The summed E-state index contributed by atoms with van der Waals surface area (Å²) in [6, 6.07) is 8.91. The number of sulfonamides is 1. The van der Waals surface area contributed by atoms with Crippen molar-refractivity contribution in [1.82, 2.24) is 14.6 Å². The van der Waals surface area contributed by atoms with Crippen LogP contribution in [-0.2, 0) is 27.9 Å². The first-order chi connectivity index (χ1) is 12.9. The molecule has 0 saturated heterocycles. The molecule has 144 valence electrons. The number of hydrogen-bond acceptors (Lipinski definition) is 6. The maximum Gasteiger partial charge on any atom is 0.231 e. The molecule has 0 bridgehead atoms. The first kappa shape index (κ1) is 19.1. The largest absolute Gasteiger partial charge is 0.454 e. The van der Waals surface area contributed by atoms with Crippen LogP contribution in [0.15, 0.2) is 42.7 Å². The van der Waals surface area contributed by atoms with Gasteiger partial charge in [0.2, 0.25) is 22.7 Å². The van der Waals surface area contributed by atoms with Gasteiger partial charge in [-0.1, -0.05) is 6.07 Å². The van der Waals surface area contributed by atoms with Crippen LogP contribution in [0, 0.1) is 0 Å². The van der Waals surface area contributed by atoms with Gasteiger partial charge in [-0.25, -0.2) is 8.42 Å². The number of nitrogens with one attached hydrogen (secondary N) is 1. The first-order valence-electron chi connectivity index (χ1n) is 8.41. The van der Waals surface area contributed by atoms with Crippen molar-refractivity contribution < 1.29 is 22.7 Å². The van der Waals surface area contributed by atoms with Gasteiger partial charge >= 0.3 is 0 Å². The van der Waals surface area contributed by atoms with E-state index >= 15 is 0 Å². The van der Waals surface area contributed by atoms with Crippen LogP contribution >= 0.6 is 0 Å². The second-order valence-corrected chi connectivity index (χ2v) is 8.15. The molecule has 3 rings (SSSR count). The van der Waals surface area contributed by atoms with E-state index in [0.717, 1.165) is 17.4 Å². The van der Waals surface area contributed by atoms with Gasteiger partial charge in [0.25, 0.3) is 0 Å². The molecule has 1 N–H and O–H groups in total. The quantitative estimate of drug-likeness (QED) is 0.728. The molecule has 0 aliphatic carbocycles. The summed E-state index contributed by atoms with van der Waals surface area (Å²) in [6.07, 6.45) is 4.51. The summed E-state index contributed by atoms with van der Waals surface area (Å²) in [5.74, 6) is 1.02. The number of fused-ring (bicyclic) bond motifs is 1. The Morgan fingerprint density at radius 3 is 2.63 bits per heavy atom. The molecular formula is C18H21N3O5S. The van der Waals surface area contributed by atoms with E-state index in [1.807, 2.05) is 12.1 Å². The number of pyridine rings is 1. The SMILES string of the molecule is CS(=O)(=O)N(CCC(=O)NCc1ccncc1)Cc1ccc2c(c1)OCO2. The van der Waals surface area contributed by atoms with Crippen molar-refractivity contribution in [3.05, 3.63) is 53.9 Å². The summed E-state index contributed by atoms with van der Waals surface area (Å²) in [7, 11) is -3.47. The second kappa shape index (κ2) is 8.36. The maximum absolute atomic E-state index is 12.1. The molecule has 1 aromatic heterocycles. The number of aromatic nitrogens is 1. The highest BCUT2D eigenvalue weighted by molar-refractivity contribution is 7.88. The minimum absolute atomic E-state index is 0.0721. The van der Waals surface area contributed by atoms with Gasteiger partial charge in [0, 0.05) is 38.4 Å². The predicted molar refractivity (Wildman–Crippen MR) is 98.5 cm³/mol. The van der Waals surface area contributed by atoms with Crippen LogP contribution in [-0.4, -0.2) is 43.2 Å². The van der Waals surface area contributed by atoms with Gasteiger partial charge in [-0.15, -0.1) is 0 Å². The second-order valence-electron chi connectivity index (χ2n) is 6.17. The zero-order chi connectivity index (χ0) is 19.3.